The Balaban J connectivity index is 0. The molecule has 0 saturated heterocycles. The zero-order valence-corrected chi connectivity index (χ0v) is 15.6. The Morgan fingerprint density at radius 3 is 1.65 bits per heavy atom. The van der Waals surface area contributed by atoms with Crippen molar-refractivity contribution in [1.29, 1.82) is 0 Å². The monoisotopic (exact) mass is 442 g/mol. The van der Waals surface area contributed by atoms with E-state index in [1.54, 1.807) is 0 Å². The molecule has 0 aliphatic heterocycles. The molecule has 6 N–H and O–H groups in total. The second kappa shape index (κ2) is 15.6. The molecule has 0 aliphatic rings. The Morgan fingerprint density at radius 2 is 1.45 bits per heavy atom. The first-order valence-corrected chi connectivity index (χ1v) is 13.4. The van der Waals surface area contributed by atoms with Crippen LogP contribution in [0.2, 0.25) is 10.6 Å². The van der Waals surface area contributed by atoms with Crippen LogP contribution in [0, 0.1) is 0 Å². The normalized spacial score (nSPS) is 13.0. The van der Waals surface area contributed by atoms with Gasteiger partial charge in [0.15, 0.2) is 0 Å². The van der Waals surface area contributed by atoms with E-state index < -0.39 is 24.0 Å². The zero-order valence-electron chi connectivity index (χ0n) is 11.5. The van der Waals surface area contributed by atoms with Gasteiger partial charge in [-0.1, -0.05) is 19.8 Å². The van der Waals surface area contributed by atoms with Crippen LogP contribution in [0.5, 0.6) is 0 Å². The third-order valence-corrected chi connectivity index (χ3v) is 9.43. The number of carboxylic acid groups (broad SMARTS) is 2. The van der Waals surface area contributed by atoms with E-state index in [-0.39, 0.29) is 26.3 Å². The number of unbranched alkanes of at least 4 members (excludes halogenated alkanes) is 2. The first-order chi connectivity index (χ1) is 9.36. The van der Waals surface area contributed by atoms with Crippen LogP contribution in [0.25, 0.3) is 0 Å². The summed E-state index contributed by atoms with van der Waals surface area (Å²) >= 11 is 5.60. The van der Waals surface area contributed by atoms with Crippen molar-refractivity contribution < 1.29 is 19.8 Å². The predicted molar refractivity (Wildman–Crippen MR) is 82.6 cm³/mol. The van der Waals surface area contributed by atoms with E-state index in [1.165, 1.54) is 19.3 Å². The van der Waals surface area contributed by atoms with Gasteiger partial charge in [0, 0.05) is 5.88 Å². The molecule has 6 nitrogen and oxygen atoms in total. The maximum absolute atomic E-state index is 10.3. The number of alkyl halides is 1. The van der Waals surface area contributed by atoms with E-state index in [0.717, 1.165) is 5.88 Å². The van der Waals surface area contributed by atoms with E-state index in [4.69, 9.17) is 33.3 Å². The van der Waals surface area contributed by atoms with Gasteiger partial charge in [0.05, 0.1) is 0 Å². The summed E-state index contributed by atoms with van der Waals surface area (Å²) < 4.78 is 0. The number of nitrogens with two attached hydrogens (primary N) is 2. The summed E-state index contributed by atoms with van der Waals surface area (Å²) in [5.74, 6) is -1.19. The molecule has 0 fully saturated rings. The first-order valence-electron chi connectivity index (χ1n) is 6.13. The molecule has 2 unspecified atom stereocenters. The second-order valence-electron chi connectivity index (χ2n) is 3.85. The van der Waals surface area contributed by atoms with Crippen molar-refractivity contribution in [2.45, 2.75) is 48.9 Å². The average Bonchev–Trinajstić information content (AvgIpc) is 2.41. The SMILES string of the molecule is CCCCCCl.NC(C[Se][Se]CC(N)C(=O)O)C(=O)O. The van der Waals surface area contributed by atoms with E-state index in [1.807, 2.05) is 0 Å². The Labute approximate surface area is 135 Å². The molecule has 0 aromatic heterocycles. The molecule has 0 aromatic carbocycles. The van der Waals surface area contributed by atoms with Crippen molar-refractivity contribution in [3.05, 3.63) is 0 Å². The fourth-order valence-electron chi connectivity index (χ4n) is 0.730. The van der Waals surface area contributed by atoms with E-state index in [0.29, 0.717) is 10.6 Å². The summed E-state index contributed by atoms with van der Waals surface area (Å²) in [5, 5.41) is 17.8. The van der Waals surface area contributed by atoms with Gasteiger partial charge in [0.25, 0.3) is 0 Å². The van der Waals surface area contributed by atoms with Crippen molar-refractivity contribution in [3.63, 3.8) is 0 Å². The molecule has 0 aromatic rings. The van der Waals surface area contributed by atoms with Crippen molar-refractivity contribution >= 4 is 49.8 Å². The fraction of sp³-hybridized carbons (Fsp3) is 0.818. The van der Waals surface area contributed by atoms with Gasteiger partial charge in [-0.05, 0) is 6.42 Å². The van der Waals surface area contributed by atoms with E-state index >= 15 is 0 Å². The van der Waals surface area contributed by atoms with Gasteiger partial charge in [0.2, 0.25) is 0 Å². The molecular weight excluding hydrogens is 418 g/mol. The standard InChI is InChI=1S/C6H12N2O4Se2.C5H11Cl/c7-3(5(9)10)1-13-14-2-4(8)6(11)12;1-2-3-4-5-6/h3-4H,1-2,7-8H2,(H,9,10)(H,11,12);2-5H2,1H3. The van der Waals surface area contributed by atoms with Gasteiger partial charge in [0.1, 0.15) is 0 Å². The third kappa shape index (κ3) is 16.2. The summed E-state index contributed by atoms with van der Waals surface area (Å²) in [6, 6.07) is -1.64. The molecule has 0 radical (unpaired) electrons. The maximum atomic E-state index is 10.3. The van der Waals surface area contributed by atoms with Gasteiger partial charge in [-0.2, -0.15) is 0 Å². The molecule has 0 spiro atoms. The van der Waals surface area contributed by atoms with Crippen LogP contribution < -0.4 is 11.5 Å². The summed E-state index contributed by atoms with van der Waals surface area (Å²) in [7, 11) is 0. The van der Waals surface area contributed by atoms with E-state index in [9.17, 15) is 9.59 Å². The van der Waals surface area contributed by atoms with Crippen molar-refractivity contribution in [3.8, 4) is 0 Å². The van der Waals surface area contributed by atoms with Gasteiger partial charge < -0.3 is 0 Å². The van der Waals surface area contributed by atoms with Gasteiger partial charge >= 0.3 is 92.2 Å². The van der Waals surface area contributed by atoms with Gasteiger partial charge in [-0.25, -0.2) is 0 Å². The Kier molecular flexibility index (Phi) is 17.5. The van der Waals surface area contributed by atoms with Crippen molar-refractivity contribution in [2.24, 2.45) is 11.5 Å². The van der Waals surface area contributed by atoms with Gasteiger partial charge in [-0.3, -0.25) is 0 Å². The minimum atomic E-state index is -1.01. The molecular formula is C11H23ClN2O4Se2. The molecule has 120 valence electrons. The van der Waals surface area contributed by atoms with Crippen molar-refractivity contribution in [2.75, 3.05) is 5.88 Å². The topological polar surface area (TPSA) is 127 Å². The molecule has 2 atom stereocenters. The van der Waals surface area contributed by atoms with Crippen LogP contribution in [0.3, 0.4) is 0 Å². The molecule has 0 rings (SSSR count). The Hall–Kier alpha value is 0.189. The predicted octanol–water partition coefficient (Wildman–Crippen LogP) is 0.386. The number of rotatable bonds is 10. The molecule has 0 saturated carbocycles. The molecule has 0 aliphatic carbocycles. The van der Waals surface area contributed by atoms with Gasteiger partial charge in [-0.15, -0.1) is 11.6 Å². The molecule has 0 heterocycles. The molecule has 9 heteroatoms. The minimum absolute atomic E-state index is 0.109. The van der Waals surface area contributed by atoms with Crippen LogP contribution >= 0.6 is 11.6 Å². The van der Waals surface area contributed by atoms with Crippen LogP contribution in [0.1, 0.15) is 26.2 Å². The fourth-order valence-corrected chi connectivity index (χ4v) is 7.83. The number of carboxylic acids is 2. The summed E-state index contributed by atoms with van der Waals surface area (Å²) in [6.07, 6.45) is 3.73. The Bertz CT molecular complexity index is 247. The van der Waals surface area contributed by atoms with Crippen molar-refractivity contribution in [1.82, 2.24) is 0 Å². The first kappa shape index (κ1) is 22.5. The second-order valence-corrected chi connectivity index (χ2v) is 11.8. The number of hydrogen-bond donors (Lipinski definition) is 4. The van der Waals surface area contributed by atoms with Crippen LogP contribution in [0.15, 0.2) is 0 Å². The number of hydrogen-bond acceptors (Lipinski definition) is 4. The number of carbonyl (C=O) groups is 2. The number of halogens is 1. The molecule has 0 bridgehead atoms. The van der Waals surface area contributed by atoms with Crippen LogP contribution in [-0.2, 0) is 9.59 Å². The van der Waals surface area contributed by atoms with Crippen LogP contribution in [-0.4, -0.2) is 66.4 Å². The molecule has 20 heavy (non-hydrogen) atoms. The zero-order chi connectivity index (χ0) is 16.0. The molecule has 0 amide bonds. The summed E-state index contributed by atoms with van der Waals surface area (Å²) in [6.45, 7) is 2.17. The average molecular weight is 441 g/mol. The van der Waals surface area contributed by atoms with Crippen LogP contribution in [0.4, 0.5) is 0 Å². The summed E-state index contributed by atoms with van der Waals surface area (Å²) in [4.78, 5) is 20.6. The number of aliphatic carboxylic acids is 2. The summed E-state index contributed by atoms with van der Waals surface area (Å²) in [5.41, 5.74) is 10.5. The quantitative estimate of drug-likeness (QED) is 0.221. The Morgan fingerprint density at radius 1 is 1.05 bits per heavy atom. The third-order valence-electron chi connectivity index (χ3n) is 1.95. The van der Waals surface area contributed by atoms with E-state index in [2.05, 4.69) is 6.92 Å².